The lowest BCUT2D eigenvalue weighted by Crippen LogP contribution is -2.62. The molecule has 2 bridgehead atoms. The summed E-state index contributed by atoms with van der Waals surface area (Å²) < 4.78 is 4.99. The Hall–Kier alpha value is -1.80. The summed E-state index contributed by atoms with van der Waals surface area (Å²) in [5.74, 6) is -1.82. The molecule has 0 aromatic heterocycles. The van der Waals surface area contributed by atoms with Crippen LogP contribution in [-0.4, -0.2) is 80.1 Å². The number of likely N-dealkylation sites (tertiary alicyclic amines) is 1. The van der Waals surface area contributed by atoms with E-state index in [1.165, 1.54) is 0 Å². The van der Waals surface area contributed by atoms with E-state index in [1.54, 1.807) is 27.6 Å². The molecule has 0 saturated carbocycles. The number of allylic oxidation sites excluding steroid dienone is 1. The van der Waals surface area contributed by atoms with Gasteiger partial charge >= 0.3 is 5.97 Å². The molecule has 0 radical (unpaired) electrons. The molecule has 0 aromatic carbocycles. The number of hydrogen-bond acceptors (Lipinski definition) is 6. The minimum atomic E-state index is -0.763. The smallest absolute Gasteiger partial charge is 0.310 e. The monoisotopic (exact) mass is 548 g/mol. The summed E-state index contributed by atoms with van der Waals surface area (Å²) >= 11 is 1.65. The number of nitrogens with zero attached hydrogens (tertiary/aromatic N) is 2. The molecule has 3 heterocycles. The molecule has 0 aromatic rings. The predicted octanol–water partition coefficient (Wildman–Crippen LogP) is 4.44. The first-order valence-electron chi connectivity index (χ1n) is 14.2. The van der Waals surface area contributed by atoms with Gasteiger partial charge in [-0.3, -0.25) is 14.4 Å². The number of ether oxygens (including phenoxy) is 1. The lowest BCUT2D eigenvalue weighted by atomic mass is 9.66. The zero-order valence-electron chi connectivity index (χ0n) is 24.2. The fraction of sp³-hybridized carbons (Fsp3) is 0.767. The molecule has 3 rings (SSSR count). The molecular weight excluding hydrogens is 500 g/mol. The molecule has 8 heteroatoms. The molecule has 214 valence electrons. The van der Waals surface area contributed by atoms with Crippen LogP contribution in [0.3, 0.4) is 0 Å². The number of aliphatic hydroxyl groups is 1. The highest BCUT2D eigenvalue weighted by Gasteiger charge is 2.77. The van der Waals surface area contributed by atoms with E-state index in [0.29, 0.717) is 13.2 Å². The van der Waals surface area contributed by atoms with Gasteiger partial charge < -0.3 is 19.6 Å². The highest BCUT2D eigenvalue weighted by atomic mass is 32.2. The lowest BCUT2D eigenvalue weighted by Gasteiger charge is -2.45. The highest BCUT2D eigenvalue weighted by Crippen LogP contribution is 2.69. The first-order valence-corrected chi connectivity index (χ1v) is 15.1. The topological polar surface area (TPSA) is 87.1 Å². The Labute approximate surface area is 233 Å². The molecule has 3 unspecified atom stereocenters. The van der Waals surface area contributed by atoms with Crippen LogP contribution in [0.5, 0.6) is 0 Å². The van der Waals surface area contributed by atoms with E-state index in [9.17, 15) is 19.5 Å². The maximum absolute atomic E-state index is 14.6. The van der Waals surface area contributed by atoms with Gasteiger partial charge in [0.1, 0.15) is 6.04 Å². The van der Waals surface area contributed by atoms with Gasteiger partial charge in [0, 0.05) is 17.3 Å². The van der Waals surface area contributed by atoms with Gasteiger partial charge in [-0.25, -0.2) is 0 Å². The average molecular weight is 549 g/mol. The molecular formula is C30H48N2O5S. The van der Waals surface area contributed by atoms with Gasteiger partial charge in [-0.1, -0.05) is 39.3 Å². The molecule has 8 atom stereocenters. The van der Waals surface area contributed by atoms with Gasteiger partial charge in [0.2, 0.25) is 11.8 Å². The standard InChI is InChI=1S/C30H48N2O5S/c1-9-12-13-14-16-37-28(36)23-22-17-20(5)30(38-22)24(23)26(34)32(21(18-33)19(4)11-3)25(30)27(35)31(15-10-2)29(6,7)8/h9-10,19-25,33H,1-2,11-18H2,3-8H3/t19-,20?,21-,22+,23-,24-,25?,30?/m0/s1. The third kappa shape index (κ3) is 5.19. The third-order valence-corrected chi connectivity index (χ3v) is 11.0. The molecule has 3 fully saturated rings. The minimum Gasteiger partial charge on any atom is -0.465 e. The lowest BCUT2D eigenvalue weighted by molar-refractivity contribution is -0.155. The first-order chi connectivity index (χ1) is 17.9. The van der Waals surface area contributed by atoms with Gasteiger partial charge in [-0.15, -0.1) is 24.9 Å². The van der Waals surface area contributed by atoms with Crippen molar-refractivity contribution in [1.82, 2.24) is 9.80 Å². The van der Waals surface area contributed by atoms with E-state index in [0.717, 1.165) is 32.1 Å². The van der Waals surface area contributed by atoms with Crippen molar-refractivity contribution in [3.8, 4) is 0 Å². The second kappa shape index (κ2) is 12.2. The van der Waals surface area contributed by atoms with E-state index in [1.807, 2.05) is 40.7 Å². The fourth-order valence-corrected chi connectivity index (χ4v) is 9.20. The minimum absolute atomic E-state index is 0.00950. The number of esters is 1. The number of hydrogen-bond donors (Lipinski definition) is 1. The van der Waals surface area contributed by atoms with Crippen LogP contribution in [0.25, 0.3) is 0 Å². The Kier molecular flexibility index (Phi) is 9.83. The van der Waals surface area contributed by atoms with Crippen molar-refractivity contribution >= 4 is 29.5 Å². The second-order valence-corrected chi connectivity index (χ2v) is 13.8. The Morgan fingerprint density at radius 1 is 1.29 bits per heavy atom. The van der Waals surface area contributed by atoms with E-state index in [2.05, 4.69) is 20.1 Å². The molecule has 3 aliphatic rings. The zero-order chi connectivity index (χ0) is 28.4. The Balaban J connectivity index is 2.07. The van der Waals surface area contributed by atoms with E-state index in [-0.39, 0.29) is 41.5 Å². The third-order valence-electron chi connectivity index (χ3n) is 8.97. The highest BCUT2D eigenvalue weighted by molar-refractivity contribution is 8.02. The van der Waals surface area contributed by atoms with Crippen molar-refractivity contribution < 1.29 is 24.2 Å². The summed E-state index contributed by atoms with van der Waals surface area (Å²) in [5.41, 5.74) is -0.492. The number of carbonyl (C=O) groups is 3. The van der Waals surface area contributed by atoms with Gasteiger partial charge in [0.25, 0.3) is 0 Å². The van der Waals surface area contributed by atoms with Crippen molar-refractivity contribution in [1.29, 1.82) is 0 Å². The molecule has 2 amide bonds. The average Bonchev–Trinajstić information content (AvgIpc) is 3.45. The maximum atomic E-state index is 14.6. The van der Waals surface area contributed by atoms with Gasteiger partial charge in [0.15, 0.2) is 0 Å². The summed E-state index contributed by atoms with van der Waals surface area (Å²) in [6, 6.07) is -1.27. The van der Waals surface area contributed by atoms with Crippen LogP contribution < -0.4 is 0 Å². The van der Waals surface area contributed by atoms with Crippen LogP contribution in [0.15, 0.2) is 25.3 Å². The molecule has 3 aliphatic heterocycles. The Morgan fingerprint density at radius 2 is 1.97 bits per heavy atom. The number of aliphatic hydroxyl groups excluding tert-OH is 1. The van der Waals surface area contributed by atoms with Gasteiger partial charge in [-0.05, 0) is 58.3 Å². The molecule has 7 nitrogen and oxygen atoms in total. The van der Waals surface area contributed by atoms with Crippen molar-refractivity contribution in [2.75, 3.05) is 19.8 Å². The number of carbonyl (C=O) groups excluding carboxylic acids is 3. The Bertz CT molecular complexity index is 917. The number of unbranched alkanes of at least 4 members (excludes halogenated alkanes) is 2. The van der Waals surface area contributed by atoms with Crippen molar-refractivity contribution in [2.24, 2.45) is 23.7 Å². The predicted molar refractivity (Wildman–Crippen MR) is 153 cm³/mol. The molecule has 38 heavy (non-hydrogen) atoms. The number of thioether (sulfide) groups is 1. The summed E-state index contributed by atoms with van der Waals surface area (Å²) in [4.78, 5) is 45.9. The summed E-state index contributed by atoms with van der Waals surface area (Å²) in [6.07, 6.45) is 7.59. The van der Waals surface area contributed by atoms with Crippen molar-refractivity contribution in [2.45, 2.75) is 101 Å². The summed E-state index contributed by atoms with van der Waals surface area (Å²) in [7, 11) is 0. The largest absolute Gasteiger partial charge is 0.465 e. The maximum Gasteiger partial charge on any atom is 0.310 e. The number of amides is 2. The van der Waals surface area contributed by atoms with Crippen LogP contribution in [0.2, 0.25) is 0 Å². The van der Waals surface area contributed by atoms with Gasteiger partial charge in [0.05, 0.1) is 35.8 Å². The van der Waals surface area contributed by atoms with Crippen molar-refractivity contribution in [3.63, 3.8) is 0 Å². The quantitative estimate of drug-likeness (QED) is 0.208. The Morgan fingerprint density at radius 3 is 2.53 bits per heavy atom. The van der Waals surface area contributed by atoms with Crippen molar-refractivity contribution in [3.05, 3.63) is 25.3 Å². The number of fused-ring (bicyclic) bond motifs is 1. The van der Waals surface area contributed by atoms with E-state index < -0.39 is 34.2 Å². The van der Waals surface area contributed by atoms with Crippen LogP contribution in [0.4, 0.5) is 0 Å². The summed E-state index contributed by atoms with van der Waals surface area (Å²) in [6.45, 7) is 20.1. The normalized spacial score (nSPS) is 31.6. The number of rotatable bonds is 13. The van der Waals surface area contributed by atoms with Crippen LogP contribution >= 0.6 is 11.8 Å². The van der Waals surface area contributed by atoms with Crippen LogP contribution in [0, 0.1) is 23.7 Å². The molecule has 0 aliphatic carbocycles. The summed E-state index contributed by atoms with van der Waals surface area (Å²) in [5, 5.41) is 10.5. The fourth-order valence-electron chi connectivity index (χ4n) is 6.81. The van der Waals surface area contributed by atoms with Gasteiger partial charge in [-0.2, -0.15) is 0 Å². The van der Waals surface area contributed by atoms with Crippen LogP contribution in [0.1, 0.15) is 73.6 Å². The first kappa shape index (κ1) is 30.7. The van der Waals surface area contributed by atoms with Crippen LogP contribution in [-0.2, 0) is 19.1 Å². The molecule has 3 saturated heterocycles. The van der Waals surface area contributed by atoms with E-state index >= 15 is 0 Å². The molecule has 1 spiro atoms. The zero-order valence-corrected chi connectivity index (χ0v) is 25.0. The van der Waals surface area contributed by atoms with E-state index in [4.69, 9.17) is 4.74 Å². The molecule has 1 N–H and O–H groups in total. The SMILES string of the molecule is C=CCCCCOC(=O)[C@@H]1[C@H]2C(=O)N([C@@H](CO)[C@@H](C)CC)C(C(=O)N(CC=C)C(C)(C)C)C23S[C@@H]1CC3C. The second-order valence-electron chi connectivity index (χ2n) is 12.3.